The van der Waals surface area contributed by atoms with Crippen molar-refractivity contribution in [3.63, 3.8) is 0 Å². The average Bonchev–Trinajstić information content (AvgIpc) is 2.82. The second-order valence-electron chi connectivity index (χ2n) is 9.21. The molecule has 0 aliphatic carbocycles. The quantitative estimate of drug-likeness (QED) is 0.199. The second kappa shape index (κ2) is 15.9. The maximum absolute atomic E-state index is 11.7. The zero-order chi connectivity index (χ0) is 28.1. The molecule has 1 aromatic rings. The third-order valence-corrected chi connectivity index (χ3v) is 6.29. The number of hydrogen-bond donors (Lipinski definition) is 5. The Balaban J connectivity index is 2.41. The van der Waals surface area contributed by atoms with E-state index in [0.717, 1.165) is 5.56 Å². The molecule has 1 aromatic carbocycles. The number of carbonyl (C=O) groups is 4. The SMILES string of the molecule is O=C(O)CC1CC[C@H](CC(=O)O)CCN(CC(=O)O)NN(Cc2ccc(N=C=S)cc2)N(CC(=O)O)CC1. The number of aliphatic carboxylic acids is 4. The summed E-state index contributed by atoms with van der Waals surface area (Å²) >= 11 is 4.62. The standard InChI is InChI=1S/C24H33N5O8S/c30-21(31)11-17-1-2-18(12-22(32)33)8-10-28(15-24(36)37)29(26-27(9-7-17)14-23(34)35)13-19-3-5-20(6-4-19)25-16-38/h3-6,17-18,26H,1-2,7-15H2,(H,30,31)(H,32,33)(H,34,35)(H,36,37)/t17-,18?/m0/s1. The van der Waals surface area contributed by atoms with Crippen molar-refractivity contribution >= 4 is 46.9 Å². The van der Waals surface area contributed by atoms with Crippen molar-refractivity contribution in [2.75, 3.05) is 26.2 Å². The maximum atomic E-state index is 11.7. The number of nitrogens with one attached hydrogen (secondary N) is 1. The van der Waals surface area contributed by atoms with E-state index in [2.05, 4.69) is 27.9 Å². The summed E-state index contributed by atoms with van der Waals surface area (Å²) < 4.78 is 0. The zero-order valence-corrected chi connectivity index (χ0v) is 21.7. The number of benzene rings is 1. The summed E-state index contributed by atoms with van der Waals surface area (Å²) in [6.07, 6.45) is 1.37. The minimum Gasteiger partial charge on any atom is -0.481 e. The van der Waals surface area contributed by atoms with Crippen LogP contribution in [0.4, 0.5) is 5.69 Å². The van der Waals surface area contributed by atoms with E-state index in [1.807, 2.05) is 0 Å². The maximum Gasteiger partial charge on any atom is 0.319 e. The number of nitrogens with zero attached hydrogens (tertiary/aromatic N) is 4. The molecule has 14 heteroatoms. The largest absolute Gasteiger partial charge is 0.481 e. The lowest BCUT2D eigenvalue weighted by atomic mass is 9.88. The van der Waals surface area contributed by atoms with E-state index in [1.54, 1.807) is 24.3 Å². The van der Waals surface area contributed by atoms with Crippen LogP contribution >= 0.6 is 12.2 Å². The summed E-state index contributed by atoms with van der Waals surface area (Å²) in [6, 6.07) is 6.95. The predicted octanol–water partition coefficient (Wildman–Crippen LogP) is 2.09. The van der Waals surface area contributed by atoms with Gasteiger partial charge in [-0.05, 0) is 67.4 Å². The van der Waals surface area contributed by atoms with Gasteiger partial charge in [0.25, 0.3) is 0 Å². The molecule has 0 amide bonds. The van der Waals surface area contributed by atoms with E-state index < -0.39 is 37.0 Å². The fraction of sp³-hybridized carbons (Fsp3) is 0.542. The number of thiocarbonyl (C=S) groups is 1. The molecule has 2 atom stereocenters. The van der Waals surface area contributed by atoms with Crippen molar-refractivity contribution in [3.05, 3.63) is 29.8 Å². The van der Waals surface area contributed by atoms with Crippen molar-refractivity contribution in [3.8, 4) is 0 Å². The Morgan fingerprint density at radius 1 is 0.842 bits per heavy atom. The van der Waals surface area contributed by atoms with Crippen LogP contribution in [0.15, 0.2) is 29.3 Å². The molecule has 38 heavy (non-hydrogen) atoms. The first-order valence-corrected chi connectivity index (χ1v) is 12.5. The molecule has 0 bridgehead atoms. The normalized spacial score (nSPS) is 20.4. The highest BCUT2D eigenvalue weighted by atomic mass is 32.1. The first kappa shape index (κ1) is 31.0. The third kappa shape index (κ3) is 11.9. The summed E-state index contributed by atoms with van der Waals surface area (Å²) in [5, 5.41) is 44.5. The van der Waals surface area contributed by atoms with Crippen LogP contribution in [0.5, 0.6) is 0 Å². The fourth-order valence-corrected chi connectivity index (χ4v) is 4.47. The molecule has 0 spiro atoms. The summed E-state index contributed by atoms with van der Waals surface area (Å²) in [4.78, 5) is 50.1. The Morgan fingerprint density at radius 3 is 1.89 bits per heavy atom. The van der Waals surface area contributed by atoms with Gasteiger partial charge in [0.2, 0.25) is 0 Å². The third-order valence-electron chi connectivity index (χ3n) is 6.20. The van der Waals surface area contributed by atoms with Crippen LogP contribution in [0.25, 0.3) is 0 Å². The summed E-state index contributed by atoms with van der Waals surface area (Å²) in [6.45, 7) is -0.334. The molecule has 1 unspecified atom stereocenters. The molecule has 5 N–H and O–H groups in total. The van der Waals surface area contributed by atoms with E-state index in [0.29, 0.717) is 31.4 Å². The molecule has 0 saturated carbocycles. The Bertz CT molecular complexity index is 1020. The smallest absolute Gasteiger partial charge is 0.319 e. The number of carboxylic acid groups (broad SMARTS) is 4. The lowest BCUT2D eigenvalue weighted by Crippen LogP contribution is -2.59. The van der Waals surface area contributed by atoms with E-state index in [9.17, 15) is 39.6 Å². The zero-order valence-electron chi connectivity index (χ0n) is 20.9. The van der Waals surface area contributed by atoms with Gasteiger partial charge in [-0.2, -0.15) is 15.6 Å². The topological polar surface area (TPSA) is 183 Å². The molecule has 1 heterocycles. The molecule has 1 aliphatic rings. The van der Waals surface area contributed by atoms with Gasteiger partial charge in [-0.25, -0.2) is 10.0 Å². The van der Waals surface area contributed by atoms with Crippen molar-refractivity contribution < 1.29 is 39.6 Å². The average molecular weight is 552 g/mol. The molecular formula is C24H33N5O8S. The Kier molecular flexibility index (Phi) is 12.9. The summed E-state index contributed by atoms with van der Waals surface area (Å²) in [5.41, 5.74) is 4.35. The van der Waals surface area contributed by atoms with Crippen LogP contribution < -0.4 is 5.53 Å². The van der Waals surface area contributed by atoms with E-state index in [1.165, 1.54) is 15.1 Å². The summed E-state index contributed by atoms with van der Waals surface area (Å²) in [5.74, 6) is -4.76. The number of aliphatic imine (C=N–C) groups is 1. The number of isothiocyanates is 1. The van der Waals surface area contributed by atoms with Gasteiger partial charge in [0.05, 0.1) is 17.4 Å². The van der Waals surface area contributed by atoms with Crippen LogP contribution in [0, 0.1) is 11.8 Å². The first-order valence-electron chi connectivity index (χ1n) is 12.1. The van der Waals surface area contributed by atoms with E-state index in [-0.39, 0.29) is 44.3 Å². The van der Waals surface area contributed by atoms with E-state index >= 15 is 0 Å². The van der Waals surface area contributed by atoms with Crippen molar-refractivity contribution in [2.45, 2.75) is 45.1 Å². The number of hydrogen-bond acceptors (Lipinski definition) is 10. The van der Waals surface area contributed by atoms with Crippen molar-refractivity contribution in [1.29, 1.82) is 0 Å². The predicted molar refractivity (Wildman–Crippen MR) is 138 cm³/mol. The molecule has 208 valence electrons. The highest BCUT2D eigenvalue weighted by Gasteiger charge is 2.27. The van der Waals surface area contributed by atoms with Crippen LogP contribution in [0.3, 0.4) is 0 Å². The van der Waals surface area contributed by atoms with Gasteiger partial charge in [-0.1, -0.05) is 12.1 Å². The number of rotatable bonds is 11. The van der Waals surface area contributed by atoms with Gasteiger partial charge in [-0.15, -0.1) is 0 Å². The first-order chi connectivity index (χ1) is 18.0. The lowest BCUT2D eigenvalue weighted by Gasteiger charge is -2.39. The fourth-order valence-electron chi connectivity index (χ4n) is 4.36. The number of carboxylic acids is 4. The van der Waals surface area contributed by atoms with Crippen LogP contribution in [0.2, 0.25) is 0 Å². The van der Waals surface area contributed by atoms with Gasteiger partial charge in [-0.3, -0.25) is 19.2 Å². The Hall–Kier alpha value is -3.26. The van der Waals surface area contributed by atoms with Gasteiger partial charge in [0.15, 0.2) is 0 Å². The molecule has 1 fully saturated rings. The highest BCUT2D eigenvalue weighted by molar-refractivity contribution is 7.78. The van der Waals surface area contributed by atoms with Crippen molar-refractivity contribution in [1.82, 2.24) is 20.7 Å². The minimum absolute atomic E-state index is 0.119. The van der Waals surface area contributed by atoms with Crippen LogP contribution in [-0.4, -0.2) is 90.8 Å². The lowest BCUT2D eigenvalue weighted by molar-refractivity contribution is -0.169. The molecule has 0 aromatic heterocycles. The minimum atomic E-state index is -1.12. The van der Waals surface area contributed by atoms with Crippen molar-refractivity contribution in [2.24, 2.45) is 16.8 Å². The molecule has 1 saturated heterocycles. The summed E-state index contributed by atoms with van der Waals surface area (Å²) in [7, 11) is 0. The van der Waals surface area contributed by atoms with Gasteiger partial charge in [0, 0.05) is 25.9 Å². The molecular weight excluding hydrogens is 518 g/mol. The van der Waals surface area contributed by atoms with Gasteiger partial charge < -0.3 is 20.4 Å². The second-order valence-corrected chi connectivity index (χ2v) is 9.39. The van der Waals surface area contributed by atoms with E-state index in [4.69, 9.17) is 0 Å². The van der Waals surface area contributed by atoms with Gasteiger partial charge in [0.1, 0.15) is 13.1 Å². The molecule has 1 aliphatic heterocycles. The molecule has 13 nitrogen and oxygen atoms in total. The monoisotopic (exact) mass is 551 g/mol. The Labute approximate surface area is 225 Å². The molecule has 2 rings (SSSR count). The van der Waals surface area contributed by atoms with Gasteiger partial charge >= 0.3 is 23.9 Å². The Morgan fingerprint density at radius 2 is 1.39 bits per heavy atom. The highest BCUT2D eigenvalue weighted by Crippen LogP contribution is 2.25. The number of hydrazine groups is 3. The van der Waals surface area contributed by atoms with Crippen LogP contribution in [-0.2, 0) is 25.7 Å². The van der Waals surface area contributed by atoms with Crippen LogP contribution in [0.1, 0.15) is 44.1 Å². The molecule has 0 radical (unpaired) electrons.